The van der Waals surface area contributed by atoms with Crippen LogP contribution < -0.4 is 9.62 Å². The number of hydrogen-bond acceptors (Lipinski definition) is 4. The second-order valence-corrected chi connectivity index (χ2v) is 11.1. The van der Waals surface area contributed by atoms with Crippen LogP contribution in [0.5, 0.6) is 0 Å². The molecular formula is C29H34ClN3O4S. The van der Waals surface area contributed by atoms with Crippen LogP contribution in [0.1, 0.15) is 38.7 Å². The molecule has 0 aliphatic rings. The van der Waals surface area contributed by atoms with Gasteiger partial charge >= 0.3 is 0 Å². The number of carbonyl (C=O) groups excluding carboxylic acids is 2. The highest BCUT2D eigenvalue weighted by Gasteiger charge is 2.33. The predicted molar refractivity (Wildman–Crippen MR) is 151 cm³/mol. The lowest BCUT2D eigenvalue weighted by molar-refractivity contribution is -0.140. The van der Waals surface area contributed by atoms with Crippen molar-refractivity contribution in [1.29, 1.82) is 0 Å². The Balaban J connectivity index is 2.01. The summed E-state index contributed by atoms with van der Waals surface area (Å²) < 4.78 is 28.5. The fourth-order valence-corrected chi connectivity index (χ4v) is 5.71. The molecule has 0 fully saturated rings. The van der Waals surface area contributed by atoms with E-state index in [1.54, 1.807) is 66.7 Å². The number of halogens is 1. The molecule has 3 rings (SSSR count). The van der Waals surface area contributed by atoms with Crippen LogP contribution >= 0.6 is 11.6 Å². The number of para-hydroxylation sites is 1. The minimum Gasteiger partial charge on any atom is -0.354 e. The first kappa shape index (κ1) is 29.2. The lowest BCUT2D eigenvalue weighted by Crippen LogP contribution is -2.52. The number of benzene rings is 3. The summed E-state index contributed by atoms with van der Waals surface area (Å²) in [7, 11) is -4.07. The molecule has 0 aromatic heterocycles. The van der Waals surface area contributed by atoms with Crippen molar-refractivity contribution in [3.05, 3.63) is 95.5 Å². The van der Waals surface area contributed by atoms with Crippen molar-refractivity contribution >= 4 is 39.1 Å². The van der Waals surface area contributed by atoms with Crippen molar-refractivity contribution in [2.45, 2.75) is 50.6 Å². The average Bonchev–Trinajstić information content (AvgIpc) is 2.93. The topological polar surface area (TPSA) is 86.8 Å². The van der Waals surface area contributed by atoms with Crippen LogP contribution in [0, 0.1) is 0 Å². The summed E-state index contributed by atoms with van der Waals surface area (Å²) in [6.45, 7) is 3.93. The average molecular weight is 556 g/mol. The first-order valence-corrected chi connectivity index (χ1v) is 14.5. The summed E-state index contributed by atoms with van der Waals surface area (Å²) in [5.74, 6) is -0.788. The zero-order chi connectivity index (χ0) is 27.5. The van der Waals surface area contributed by atoms with Gasteiger partial charge in [0.1, 0.15) is 12.6 Å². The van der Waals surface area contributed by atoms with Gasteiger partial charge in [0, 0.05) is 18.1 Å². The van der Waals surface area contributed by atoms with Crippen molar-refractivity contribution in [3.8, 4) is 0 Å². The second kappa shape index (κ2) is 14.0. The first-order valence-electron chi connectivity index (χ1n) is 12.7. The van der Waals surface area contributed by atoms with Crippen molar-refractivity contribution < 1.29 is 18.0 Å². The Morgan fingerprint density at radius 1 is 0.895 bits per heavy atom. The van der Waals surface area contributed by atoms with E-state index in [1.807, 2.05) is 19.9 Å². The standard InChI is InChI=1S/C29H34ClN3O4S/c1-3-5-20-31-29(35)27(4-2)32(21-23-14-12-13-19-26(23)30)28(34)22-33(24-15-8-6-9-16-24)38(36,37)25-17-10-7-11-18-25/h6-19,27H,3-5,20-22H2,1-2H3,(H,31,35). The van der Waals surface area contributed by atoms with Crippen LogP contribution in [0.15, 0.2) is 89.8 Å². The Kier molecular flexibility index (Phi) is 10.7. The van der Waals surface area contributed by atoms with Crippen molar-refractivity contribution in [2.75, 3.05) is 17.4 Å². The smallest absolute Gasteiger partial charge is 0.264 e. The van der Waals surface area contributed by atoms with E-state index < -0.39 is 28.5 Å². The second-order valence-electron chi connectivity index (χ2n) is 8.84. The Bertz CT molecular complexity index is 1300. The van der Waals surface area contributed by atoms with Gasteiger partial charge in [-0.1, -0.05) is 86.5 Å². The normalized spacial score (nSPS) is 12.0. The van der Waals surface area contributed by atoms with Gasteiger partial charge in [0.15, 0.2) is 0 Å². The van der Waals surface area contributed by atoms with Gasteiger partial charge in [-0.25, -0.2) is 8.42 Å². The lowest BCUT2D eigenvalue weighted by Gasteiger charge is -2.33. The number of nitrogens with zero attached hydrogens (tertiary/aromatic N) is 2. The molecule has 2 amide bonds. The number of nitrogens with one attached hydrogen (secondary N) is 1. The van der Waals surface area contributed by atoms with Crippen molar-refractivity contribution in [3.63, 3.8) is 0 Å². The van der Waals surface area contributed by atoms with Crippen molar-refractivity contribution in [1.82, 2.24) is 10.2 Å². The Labute approximate surface area is 230 Å². The molecule has 7 nitrogen and oxygen atoms in total. The predicted octanol–water partition coefficient (Wildman–Crippen LogP) is 5.26. The SMILES string of the molecule is CCCCNC(=O)C(CC)N(Cc1ccccc1Cl)C(=O)CN(c1ccccc1)S(=O)(=O)c1ccccc1. The molecule has 0 saturated heterocycles. The van der Waals surface area contributed by atoms with Crippen LogP contribution in [-0.2, 0) is 26.2 Å². The molecule has 0 saturated carbocycles. The van der Waals surface area contributed by atoms with Gasteiger partial charge < -0.3 is 10.2 Å². The Morgan fingerprint density at radius 2 is 1.50 bits per heavy atom. The molecule has 3 aromatic rings. The molecule has 3 aromatic carbocycles. The van der Waals surface area contributed by atoms with Gasteiger partial charge in [0.05, 0.1) is 10.6 Å². The van der Waals surface area contributed by atoms with Gasteiger partial charge in [-0.15, -0.1) is 0 Å². The fraction of sp³-hybridized carbons (Fsp3) is 0.310. The summed E-state index contributed by atoms with van der Waals surface area (Å²) in [5.41, 5.74) is 1.02. The number of rotatable bonds is 13. The van der Waals surface area contributed by atoms with E-state index in [2.05, 4.69) is 5.32 Å². The maximum absolute atomic E-state index is 14.0. The number of unbranched alkanes of at least 4 members (excludes halogenated alkanes) is 1. The summed E-state index contributed by atoms with van der Waals surface area (Å²) in [6, 6.07) is 22.8. The highest BCUT2D eigenvalue weighted by Crippen LogP contribution is 2.25. The molecule has 0 aliphatic heterocycles. The number of amides is 2. The molecule has 1 atom stereocenters. The van der Waals surface area contributed by atoms with Crippen molar-refractivity contribution in [2.24, 2.45) is 0 Å². The van der Waals surface area contributed by atoms with Crippen LogP contribution in [0.25, 0.3) is 0 Å². The maximum atomic E-state index is 14.0. The fourth-order valence-electron chi connectivity index (χ4n) is 4.08. The monoisotopic (exact) mass is 555 g/mol. The highest BCUT2D eigenvalue weighted by molar-refractivity contribution is 7.92. The summed E-state index contributed by atoms with van der Waals surface area (Å²) >= 11 is 6.41. The minimum atomic E-state index is -4.07. The number of sulfonamides is 1. The zero-order valence-electron chi connectivity index (χ0n) is 21.7. The van der Waals surface area contributed by atoms with Crippen LogP contribution in [0.4, 0.5) is 5.69 Å². The molecule has 0 bridgehead atoms. The number of hydrogen-bond donors (Lipinski definition) is 1. The van der Waals surface area contributed by atoms with E-state index in [-0.39, 0.29) is 17.3 Å². The summed E-state index contributed by atoms with van der Waals surface area (Å²) in [4.78, 5) is 28.6. The maximum Gasteiger partial charge on any atom is 0.264 e. The third kappa shape index (κ3) is 7.36. The van der Waals surface area contributed by atoms with Gasteiger partial charge in [-0.3, -0.25) is 13.9 Å². The lowest BCUT2D eigenvalue weighted by atomic mass is 10.1. The van der Waals surface area contributed by atoms with Gasteiger partial charge in [0.25, 0.3) is 10.0 Å². The molecular weight excluding hydrogens is 522 g/mol. The molecule has 1 N–H and O–H groups in total. The molecule has 9 heteroatoms. The zero-order valence-corrected chi connectivity index (χ0v) is 23.3. The van der Waals surface area contributed by atoms with E-state index in [9.17, 15) is 18.0 Å². The van der Waals surface area contributed by atoms with E-state index >= 15 is 0 Å². The minimum absolute atomic E-state index is 0.0617. The number of carbonyl (C=O) groups is 2. The van der Waals surface area contributed by atoms with Crippen LogP contribution in [0.2, 0.25) is 5.02 Å². The molecule has 202 valence electrons. The first-order chi connectivity index (χ1) is 18.3. The van der Waals surface area contributed by atoms with Gasteiger partial charge in [-0.05, 0) is 48.7 Å². The Hall–Kier alpha value is -3.36. The largest absolute Gasteiger partial charge is 0.354 e. The summed E-state index contributed by atoms with van der Waals surface area (Å²) in [5, 5.41) is 3.38. The van der Waals surface area contributed by atoms with E-state index in [4.69, 9.17) is 11.6 Å². The van der Waals surface area contributed by atoms with E-state index in [1.165, 1.54) is 17.0 Å². The Morgan fingerprint density at radius 3 is 2.11 bits per heavy atom. The third-order valence-electron chi connectivity index (χ3n) is 6.17. The number of anilines is 1. The highest BCUT2D eigenvalue weighted by atomic mass is 35.5. The third-order valence-corrected chi connectivity index (χ3v) is 8.33. The molecule has 0 radical (unpaired) electrons. The van der Waals surface area contributed by atoms with Gasteiger partial charge in [-0.2, -0.15) is 0 Å². The molecule has 0 aliphatic carbocycles. The molecule has 0 spiro atoms. The molecule has 38 heavy (non-hydrogen) atoms. The van der Waals surface area contributed by atoms with E-state index in [0.29, 0.717) is 29.2 Å². The quantitative estimate of drug-likeness (QED) is 0.291. The molecule has 0 heterocycles. The molecule has 1 unspecified atom stereocenters. The van der Waals surface area contributed by atoms with Crippen LogP contribution in [-0.4, -0.2) is 44.3 Å². The summed E-state index contributed by atoms with van der Waals surface area (Å²) in [6.07, 6.45) is 2.09. The van der Waals surface area contributed by atoms with Crippen LogP contribution in [0.3, 0.4) is 0 Å². The van der Waals surface area contributed by atoms with E-state index in [0.717, 1.165) is 17.1 Å². The van der Waals surface area contributed by atoms with Gasteiger partial charge in [0.2, 0.25) is 11.8 Å².